The minimum atomic E-state index is -1.31. The summed E-state index contributed by atoms with van der Waals surface area (Å²) in [5.74, 6) is -3.58. The van der Waals surface area contributed by atoms with Crippen LogP contribution in [0.4, 0.5) is 8.78 Å². The number of halogens is 2. The molecule has 0 spiro atoms. The maximum Gasteiger partial charge on any atom is 0.335 e. The first-order chi connectivity index (χ1) is 8.09. The fourth-order valence-electron chi connectivity index (χ4n) is 1.44. The van der Waals surface area contributed by atoms with Gasteiger partial charge in [-0.25, -0.2) is 13.6 Å². The molecule has 0 unspecified atom stereocenters. The van der Waals surface area contributed by atoms with E-state index in [1.165, 1.54) is 18.5 Å². The topological polar surface area (TPSA) is 50.2 Å². The number of benzene rings is 1. The first-order valence-electron chi connectivity index (χ1n) is 4.72. The molecule has 0 saturated carbocycles. The number of rotatable bonds is 2. The smallest absolute Gasteiger partial charge is 0.335 e. The van der Waals surface area contributed by atoms with Gasteiger partial charge in [-0.1, -0.05) is 6.07 Å². The molecule has 0 aliphatic heterocycles. The van der Waals surface area contributed by atoms with Gasteiger partial charge in [0.1, 0.15) is 0 Å². The van der Waals surface area contributed by atoms with Crippen molar-refractivity contribution in [2.45, 2.75) is 0 Å². The molecular weight excluding hydrogens is 228 g/mol. The Labute approximate surface area is 95.4 Å². The minimum Gasteiger partial charge on any atom is -0.478 e. The Morgan fingerprint density at radius 1 is 1.29 bits per heavy atom. The zero-order chi connectivity index (χ0) is 12.4. The largest absolute Gasteiger partial charge is 0.478 e. The van der Waals surface area contributed by atoms with Crippen molar-refractivity contribution >= 4 is 5.97 Å². The number of carboxylic acids is 1. The molecule has 2 aromatic rings. The van der Waals surface area contributed by atoms with Crippen molar-refractivity contribution in [2.24, 2.45) is 0 Å². The molecule has 0 bridgehead atoms. The van der Waals surface area contributed by atoms with E-state index in [1.54, 1.807) is 6.07 Å². The summed E-state index contributed by atoms with van der Waals surface area (Å²) < 4.78 is 26.8. The maximum atomic E-state index is 13.5. The van der Waals surface area contributed by atoms with E-state index < -0.39 is 17.6 Å². The standard InChI is InChI=1S/C12H7F2NO2/c13-10-5-8(12(16)17)4-9(11(10)14)7-2-1-3-15-6-7/h1-6H,(H,16,17). The summed E-state index contributed by atoms with van der Waals surface area (Å²) in [5, 5.41) is 8.77. The van der Waals surface area contributed by atoms with Crippen LogP contribution in [-0.4, -0.2) is 16.1 Å². The summed E-state index contributed by atoms with van der Waals surface area (Å²) in [6.07, 6.45) is 2.82. The molecule has 0 radical (unpaired) electrons. The van der Waals surface area contributed by atoms with Crippen LogP contribution in [0.25, 0.3) is 11.1 Å². The van der Waals surface area contributed by atoms with Crippen molar-refractivity contribution in [3.8, 4) is 11.1 Å². The third-order valence-corrected chi connectivity index (χ3v) is 2.25. The summed E-state index contributed by atoms with van der Waals surface area (Å²) in [6, 6.07) is 4.81. The number of nitrogens with zero attached hydrogens (tertiary/aromatic N) is 1. The molecule has 0 atom stereocenters. The highest BCUT2D eigenvalue weighted by Gasteiger charge is 2.15. The monoisotopic (exact) mass is 235 g/mol. The number of pyridine rings is 1. The van der Waals surface area contributed by atoms with Crippen molar-refractivity contribution in [1.82, 2.24) is 4.98 Å². The first-order valence-corrected chi connectivity index (χ1v) is 4.72. The Bertz CT molecular complexity index is 570. The average molecular weight is 235 g/mol. The molecule has 1 aromatic heterocycles. The number of carboxylic acid groups (broad SMARTS) is 1. The third-order valence-electron chi connectivity index (χ3n) is 2.25. The van der Waals surface area contributed by atoms with Crippen molar-refractivity contribution in [1.29, 1.82) is 0 Å². The molecule has 17 heavy (non-hydrogen) atoms. The summed E-state index contributed by atoms with van der Waals surface area (Å²) in [6.45, 7) is 0. The summed E-state index contributed by atoms with van der Waals surface area (Å²) in [7, 11) is 0. The maximum absolute atomic E-state index is 13.5. The molecule has 0 fully saturated rings. The van der Waals surface area contributed by atoms with Gasteiger partial charge >= 0.3 is 5.97 Å². The van der Waals surface area contributed by atoms with Crippen LogP contribution in [0.15, 0.2) is 36.7 Å². The molecule has 0 amide bonds. The molecule has 5 heteroatoms. The van der Waals surface area contributed by atoms with Crippen molar-refractivity contribution in [3.05, 3.63) is 53.9 Å². The van der Waals surface area contributed by atoms with Gasteiger partial charge in [0.05, 0.1) is 5.56 Å². The van der Waals surface area contributed by atoms with Crippen molar-refractivity contribution < 1.29 is 18.7 Å². The van der Waals surface area contributed by atoms with Gasteiger partial charge < -0.3 is 5.11 Å². The SMILES string of the molecule is O=C(O)c1cc(F)c(F)c(-c2cccnc2)c1. The van der Waals surface area contributed by atoms with Gasteiger partial charge in [0.15, 0.2) is 11.6 Å². The van der Waals surface area contributed by atoms with E-state index in [1.807, 2.05) is 0 Å². The molecule has 1 N–H and O–H groups in total. The van der Waals surface area contributed by atoms with Crippen LogP contribution in [0, 0.1) is 11.6 Å². The second kappa shape index (κ2) is 4.29. The van der Waals surface area contributed by atoms with E-state index in [4.69, 9.17) is 5.11 Å². The highest BCUT2D eigenvalue weighted by Crippen LogP contribution is 2.25. The Kier molecular flexibility index (Phi) is 2.82. The van der Waals surface area contributed by atoms with Gasteiger partial charge in [-0.15, -0.1) is 0 Å². The number of hydrogen-bond acceptors (Lipinski definition) is 2. The summed E-state index contributed by atoms with van der Waals surface area (Å²) >= 11 is 0. The predicted molar refractivity (Wildman–Crippen MR) is 56.5 cm³/mol. The molecule has 3 nitrogen and oxygen atoms in total. The van der Waals surface area contributed by atoms with Crippen LogP contribution in [0.2, 0.25) is 0 Å². The van der Waals surface area contributed by atoms with Crippen LogP contribution in [0.3, 0.4) is 0 Å². The molecule has 0 aliphatic rings. The van der Waals surface area contributed by atoms with E-state index in [2.05, 4.69) is 4.98 Å². The van der Waals surface area contributed by atoms with E-state index in [-0.39, 0.29) is 11.1 Å². The predicted octanol–water partition coefficient (Wildman–Crippen LogP) is 2.73. The minimum absolute atomic E-state index is 0.115. The lowest BCUT2D eigenvalue weighted by Gasteiger charge is -2.05. The zero-order valence-electron chi connectivity index (χ0n) is 8.52. The van der Waals surface area contributed by atoms with E-state index in [0.717, 1.165) is 6.07 Å². The van der Waals surface area contributed by atoms with Gasteiger partial charge in [0.2, 0.25) is 0 Å². The lowest BCUT2D eigenvalue weighted by atomic mass is 10.0. The Hall–Kier alpha value is -2.30. The first kappa shape index (κ1) is 11.2. The van der Waals surface area contributed by atoms with E-state index in [0.29, 0.717) is 11.6 Å². The van der Waals surface area contributed by atoms with E-state index >= 15 is 0 Å². The van der Waals surface area contributed by atoms with Gasteiger partial charge in [-0.2, -0.15) is 0 Å². The third kappa shape index (κ3) is 2.13. The number of aromatic nitrogens is 1. The Morgan fingerprint density at radius 2 is 2.06 bits per heavy atom. The molecular formula is C12H7F2NO2. The van der Waals surface area contributed by atoms with Crippen LogP contribution < -0.4 is 0 Å². The van der Waals surface area contributed by atoms with Crippen molar-refractivity contribution in [3.63, 3.8) is 0 Å². The molecule has 2 rings (SSSR count). The van der Waals surface area contributed by atoms with Gasteiger partial charge in [0, 0.05) is 23.5 Å². The normalized spacial score (nSPS) is 10.2. The van der Waals surface area contributed by atoms with Crippen LogP contribution >= 0.6 is 0 Å². The highest BCUT2D eigenvalue weighted by molar-refractivity contribution is 5.89. The zero-order valence-corrected chi connectivity index (χ0v) is 8.52. The molecule has 0 aliphatic carbocycles. The molecule has 0 saturated heterocycles. The fraction of sp³-hybridized carbons (Fsp3) is 0. The Morgan fingerprint density at radius 3 is 2.65 bits per heavy atom. The van der Waals surface area contributed by atoms with Gasteiger partial charge in [0.25, 0.3) is 0 Å². The average Bonchev–Trinajstić information content (AvgIpc) is 2.33. The second-order valence-electron chi connectivity index (χ2n) is 3.37. The summed E-state index contributed by atoms with van der Waals surface area (Å²) in [5.41, 5.74) is -0.0924. The highest BCUT2D eigenvalue weighted by atomic mass is 19.2. The number of aromatic carboxylic acids is 1. The van der Waals surface area contributed by atoms with Crippen LogP contribution in [-0.2, 0) is 0 Å². The lowest BCUT2D eigenvalue weighted by Crippen LogP contribution is -2.00. The van der Waals surface area contributed by atoms with Crippen LogP contribution in [0.5, 0.6) is 0 Å². The molecule has 86 valence electrons. The number of hydrogen-bond donors (Lipinski definition) is 1. The van der Waals surface area contributed by atoms with Gasteiger partial charge in [-0.05, 0) is 18.2 Å². The molecule has 1 aromatic carbocycles. The van der Waals surface area contributed by atoms with Crippen molar-refractivity contribution in [2.75, 3.05) is 0 Å². The quantitative estimate of drug-likeness (QED) is 0.870. The van der Waals surface area contributed by atoms with Crippen LogP contribution in [0.1, 0.15) is 10.4 Å². The molecule has 1 heterocycles. The second-order valence-corrected chi connectivity index (χ2v) is 3.37. The summed E-state index contributed by atoms with van der Waals surface area (Å²) in [4.78, 5) is 14.5. The number of carbonyl (C=O) groups is 1. The Balaban J connectivity index is 2.65. The van der Waals surface area contributed by atoms with E-state index in [9.17, 15) is 13.6 Å². The fourth-order valence-corrected chi connectivity index (χ4v) is 1.44. The van der Waals surface area contributed by atoms with Gasteiger partial charge in [-0.3, -0.25) is 4.98 Å². The lowest BCUT2D eigenvalue weighted by molar-refractivity contribution is 0.0696.